The fraction of sp³-hybridized carbons (Fsp3) is 0.333. The van der Waals surface area contributed by atoms with Crippen molar-refractivity contribution in [2.45, 2.75) is 19.8 Å². The predicted octanol–water partition coefficient (Wildman–Crippen LogP) is 1.49. The largest absolute Gasteiger partial charge is 0.382 e. The van der Waals surface area contributed by atoms with Crippen LogP contribution in [-0.4, -0.2) is 15.0 Å². The SMILES string of the molecule is CCCc1nc(N)c2[nH]ccc2n1. The quantitative estimate of drug-likeness (QED) is 0.728. The maximum Gasteiger partial charge on any atom is 0.151 e. The van der Waals surface area contributed by atoms with Crippen LogP contribution in [0, 0.1) is 0 Å². The first-order valence-corrected chi connectivity index (χ1v) is 4.40. The lowest BCUT2D eigenvalue weighted by atomic mass is 10.3. The van der Waals surface area contributed by atoms with E-state index in [4.69, 9.17) is 5.73 Å². The van der Waals surface area contributed by atoms with Crippen molar-refractivity contribution < 1.29 is 0 Å². The molecule has 0 aliphatic heterocycles. The Labute approximate surface area is 76.2 Å². The third-order valence-electron chi connectivity index (χ3n) is 1.95. The van der Waals surface area contributed by atoms with Gasteiger partial charge in [-0.15, -0.1) is 0 Å². The number of aromatic amines is 1. The van der Waals surface area contributed by atoms with Crippen molar-refractivity contribution >= 4 is 16.9 Å². The van der Waals surface area contributed by atoms with Crippen molar-refractivity contribution in [3.8, 4) is 0 Å². The molecule has 0 atom stereocenters. The molecule has 0 aromatic carbocycles. The molecular formula is C9H12N4. The number of nitrogens with two attached hydrogens (primary N) is 1. The van der Waals surface area contributed by atoms with Gasteiger partial charge in [-0.1, -0.05) is 6.92 Å². The Kier molecular flexibility index (Phi) is 1.88. The van der Waals surface area contributed by atoms with Crippen molar-refractivity contribution in [1.29, 1.82) is 0 Å². The normalized spacial score (nSPS) is 10.8. The summed E-state index contributed by atoms with van der Waals surface area (Å²) < 4.78 is 0. The van der Waals surface area contributed by atoms with Crippen LogP contribution in [0.2, 0.25) is 0 Å². The highest BCUT2D eigenvalue weighted by molar-refractivity contribution is 5.84. The second-order valence-electron chi connectivity index (χ2n) is 3.01. The van der Waals surface area contributed by atoms with Crippen molar-refractivity contribution in [3.63, 3.8) is 0 Å². The summed E-state index contributed by atoms with van der Waals surface area (Å²) in [7, 11) is 0. The van der Waals surface area contributed by atoms with E-state index in [0.29, 0.717) is 5.82 Å². The molecule has 0 saturated heterocycles. The van der Waals surface area contributed by atoms with Gasteiger partial charge in [-0.3, -0.25) is 0 Å². The first-order chi connectivity index (χ1) is 6.31. The predicted molar refractivity (Wildman–Crippen MR) is 52.3 cm³/mol. The Morgan fingerprint density at radius 2 is 2.31 bits per heavy atom. The van der Waals surface area contributed by atoms with Crippen LogP contribution in [-0.2, 0) is 6.42 Å². The molecule has 0 bridgehead atoms. The molecule has 0 aliphatic rings. The van der Waals surface area contributed by atoms with Crippen molar-refractivity contribution in [2.75, 3.05) is 5.73 Å². The number of hydrogen-bond donors (Lipinski definition) is 2. The van der Waals surface area contributed by atoms with E-state index < -0.39 is 0 Å². The smallest absolute Gasteiger partial charge is 0.151 e. The number of H-pyrrole nitrogens is 1. The molecule has 0 amide bonds. The van der Waals surface area contributed by atoms with Crippen LogP contribution in [0.25, 0.3) is 11.0 Å². The number of nitrogens with one attached hydrogen (secondary N) is 1. The number of nitrogen functional groups attached to an aromatic ring is 1. The summed E-state index contributed by atoms with van der Waals surface area (Å²) in [4.78, 5) is 11.6. The first-order valence-electron chi connectivity index (χ1n) is 4.40. The fourth-order valence-electron chi connectivity index (χ4n) is 1.35. The molecule has 0 fully saturated rings. The Hall–Kier alpha value is -1.58. The Balaban J connectivity index is 2.56. The molecule has 2 rings (SSSR count). The van der Waals surface area contributed by atoms with E-state index in [0.717, 1.165) is 29.7 Å². The van der Waals surface area contributed by atoms with E-state index in [1.165, 1.54) is 0 Å². The summed E-state index contributed by atoms with van der Waals surface area (Å²) in [5.74, 6) is 1.37. The van der Waals surface area contributed by atoms with Crippen LogP contribution in [0.4, 0.5) is 5.82 Å². The summed E-state index contributed by atoms with van der Waals surface area (Å²) in [6.45, 7) is 2.10. The molecule has 4 heteroatoms. The third kappa shape index (κ3) is 1.35. The first kappa shape index (κ1) is 8.04. The molecule has 0 saturated carbocycles. The summed E-state index contributed by atoms with van der Waals surface area (Å²) >= 11 is 0. The molecular weight excluding hydrogens is 164 g/mol. The van der Waals surface area contributed by atoms with Crippen molar-refractivity contribution in [1.82, 2.24) is 15.0 Å². The minimum Gasteiger partial charge on any atom is -0.382 e. The molecule has 3 N–H and O–H groups in total. The monoisotopic (exact) mass is 176 g/mol. The minimum absolute atomic E-state index is 0.540. The topological polar surface area (TPSA) is 67.6 Å². The van der Waals surface area contributed by atoms with Gasteiger partial charge in [0.1, 0.15) is 11.3 Å². The zero-order valence-electron chi connectivity index (χ0n) is 7.54. The molecule has 2 aromatic rings. The third-order valence-corrected chi connectivity index (χ3v) is 1.95. The number of aryl methyl sites for hydroxylation is 1. The number of anilines is 1. The second kappa shape index (κ2) is 3.05. The molecule has 0 unspecified atom stereocenters. The lowest BCUT2D eigenvalue weighted by molar-refractivity contribution is 0.847. The average molecular weight is 176 g/mol. The number of hydrogen-bond acceptors (Lipinski definition) is 3. The molecule has 2 heterocycles. The highest BCUT2D eigenvalue weighted by Gasteiger charge is 2.04. The summed E-state index contributed by atoms with van der Waals surface area (Å²) in [6, 6.07) is 1.91. The van der Waals surface area contributed by atoms with Crippen LogP contribution < -0.4 is 5.73 Å². The fourth-order valence-corrected chi connectivity index (χ4v) is 1.35. The van der Waals surface area contributed by atoms with Gasteiger partial charge in [0.2, 0.25) is 0 Å². The molecule has 0 radical (unpaired) electrons. The van der Waals surface area contributed by atoms with Crippen LogP contribution >= 0.6 is 0 Å². The van der Waals surface area contributed by atoms with Gasteiger partial charge in [0, 0.05) is 12.6 Å². The molecule has 0 spiro atoms. The summed E-state index contributed by atoms with van der Waals surface area (Å²) in [5, 5.41) is 0. The maximum absolute atomic E-state index is 5.75. The van der Waals surface area contributed by atoms with Gasteiger partial charge in [-0.05, 0) is 12.5 Å². The molecule has 0 aliphatic carbocycles. The van der Waals surface area contributed by atoms with E-state index in [1.54, 1.807) is 0 Å². The maximum atomic E-state index is 5.75. The average Bonchev–Trinajstić information content (AvgIpc) is 2.53. The lowest BCUT2D eigenvalue weighted by Crippen LogP contribution is -1.99. The highest BCUT2D eigenvalue weighted by atomic mass is 15.0. The highest BCUT2D eigenvalue weighted by Crippen LogP contribution is 2.15. The zero-order valence-corrected chi connectivity index (χ0v) is 7.54. The van der Waals surface area contributed by atoms with Crippen LogP contribution in [0.3, 0.4) is 0 Å². The van der Waals surface area contributed by atoms with Crippen molar-refractivity contribution in [2.24, 2.45) is 0 Å². The van der Waals surface area contributed by atoms with Crippen molar-refractivity contribution in [3.05, 3.63) is 18.1 Å². The van der Waals surface area contributed by atoms with Gasteiger partial charge in [-0.2, -0.15) is 0 Å². The zero-order chi connectivity index (χ0) is 9.26. The van der Waals surface area contributed by atoms with Gasteiger partial charge in [0.25, 0.3) is 0 Å². The van der Waals surface area contributed by atoms with E-state index in [-0.39, 0.29) is 0 Å². The number of rotatable bonds is 2. The number of nitrogens with zero attached hydrogens (tertiary/aromatic N) is 2. The summed E-state index contributed by atoms with van der Waals surface area (Å²) in [5.41, 5.74) is 7.48. The summed E-state index contributed by atoms with van der Waals surface area (Å²) in [6.07, 6.45) is 3.74. The van der Waals surface area contributed by atoms with E-state index >= 15 is 0 Å². The van der Waals surface area contributed by atoms with Crippen LogP contribution in [0.5, 0.6) is 0 Å². The molecule has 2 aromatic heterocycles. The molecule has 68 valence electrons. The van der Waals surface area contributed by atoms with Gasteiger partial charge in [-0.25, -0.2) is 9.97 Å². The lowest BCUT2D eigenvalue weighted by Gasteiger charge is -1.99. The number of fused-ring (bicyclic) bond motifs is 1. The van der Waals surface area contributed by atoms with Gasteiger partial charge >= 0.3 is 0 Å². The standard InChI is InChI=1S/C9H12N4/c1-2-3-7-12-6-4-5-11-8(6)9(10)13-7/h4-5,11H,2-3H2,1H3,(H2,10,12,13). The van der Waals surface area contributed by atoms with E-state index in [1.807, 2.05) is 12.3 Å². The van der Waals surface area contributed by atoms with E-state index in [9.17, 15) is 0 Å². The van der Waals surface area contributed by atoms with Gasteiger partial charge in [0.05, 0.1) is 5.52 Å². The Morgan fingerprint density at radius 1 is 1.46 bits per heavy atom. The second-order valence-corrected chi connectivity index (χ2v) is 3.01. The Morgan fingerprint density at radius 3 is 3.08 bits per heavy atom. The minimum atomic E-state index is 0.540. The molecule has 13 heavy (non-hydrogen) atoms. The van der Waals surface area contributed by atoms with E-state index in [2.05, 4.69) is 21.9 Å². The number of aromatic nitrogens is 3. The molecule has 4 nitrogen and oxygen atoms in total. The Bertz CT molecular complexity index is 418. The van der Waals surface area contributed by atoms with Crippen LogP contribution in [0.1, 0.15) is 19.2 Å². The van der Waals surface area contributed by atoms with Gasteiger partial charge < -0.3 is 10.7 Å². The van der Waals surface area contributed by atoms with Crippen LogP contribution in [0.15, 0.2) is 12.3 Å². The van der Waals surface area contributed by atoms with Gasteiger partial charge in [0.15, 0.2) is 5.82 Å².